The number of nitriles is 1. The minimum Gasteiger partial charge on any atom is -0.366 e. The van der Waals surface area contributed by atoms with E-state index >= 15 is 0 Å². The molecule has 1 rings (SSSR count). The Morgan fingerprint density at radius 1 is 1.58 bits per heavy atom. The van der Waals surface area contributed by atoms with Crippen LogP contribution in [0.4, 0.5) is 4.39 Å². The molecule has 12 heavy (non-hydrogen) atoms. The maximum atomic E-state index is 13.0. The van der Waals surface area contributed by atoms with Crippen LogP contribution in [0.15, 0.2) is 18.2 Å². The molecule has 60 valence electrons. The zero-order valence-corrected chi connectivity index (χ0v) is 6.04. The van der Waals surface area contributed by atoms with E-state index in [4.69, 9.17) is 11.0 Å². The fourth-order valence-corrected chi connectivity index (χ4v) is 0.809. The second-order valence-electron chi connectivity index (χ2n) is 2.14. The summed E-state index contributed by atoms with van der Waals surface area (Å²) in [4.78, 5) is 10.6. The summed E-state index contributed by atoms with van der Waals surface area (Å²) in [5, 5.41) is 8.38. The van der Waals surface area contributed by atoms with Crippen molar-refractivity contribution in [1.29, 1.82) is 5.26 Å². The van der Waals surface area contributed by atoms with E-state index in [0.717, 1.165) is 0 Å². The molecule has 0 bridgehead atoms. The lowest BCUT2D eigenvalue weighted by atomic mass is 10.1. The van der Waals surface area contributed by atoms with Gasteiger partial charge in [-0.15, -0.1) is 0 Å². The van der Waals surface area contributed by atoms with E-state index in [-0.39, 0.29) is 11.1 Å². The molecular formula is C8H5FN2O. The van der Waals surface area contributed by atoms with Gasteiger partial charge in [-0.1, -0.05) is 6.07 Å². The number of nitrogens with two attached hydrogens (primary N) is 1. The fourth-order valence-electron chi connectivity index (χ4n) is 0.809. The van der Waals surface area contributed by atoms with Gasteiger partial charge in [-0.25, -0.2) is 4.39 Å². The van der Waals surface area contributed by atoms with Gasteiger partial charge in [0.1, 0.15) is 6.07 Å². The molecule has 0 atom stereocenters. The summed E-state index contributed by atoms with van der Waals surface area (Å²) < 4.78 is 13.0. The van der Waals surface area contributed by atoms with Crippen LogP contribution in [0.1, 0.15) is 15.9 Å². The normalized spacial score (nSPS) is 9.00. The van der Waals surface area contributed by atoms with Gasteiger partial charge in [0.25, 0.3) is 5.91 Å². The summed E-state index contributed by atoms with van der Waals surface area (Å²) in [5.74, 6) is -1.72. The van der Waals surface area contributed by atoms with E-state index in [1.165, 1.54) is 18.2 Å². The van der Waals surface area contributed by atoms with Gasteiger partial charge in [-0.2, -0.15) is 5.26 Å². The number of halogens is 1. The van der Waals surface area contributed by atoms with E-state index in [1.807, 2.05) is 0 Å². The van der Waals surface area contributed by atoms with Crippen LogP contribution in [-0.4, -0.2) is 5.91 Å². The lowest BCUT2D eigenvalue weighted by molar-refractivity contribution is 0.0996. The Balaban J connectivity index is 3.35. The van der Waals surface area contributed by atoms with Crippen molar-refractivity contribution in [1.82, 2.24) is 0 Å². The second kappa shape index (κ2) is 3.01. The standard InChI is InChI=1S/C8H5FN2O/c9-7-5(4-10)2-1-3-6(7)8(11)12/h1-3H,(H2,11,12). The van der Waals surface area contributed by atoms with Crippen molar-refractivity contribution < 1.29 is 9.18 Å². The fraction of sp³-hybridized carbons (Fsp3) is 0. The third-order valence-corrected chi connectivity index (χ3v) is 1.38. The van der Waals surface area contributed by atoms with E-state index < -0.39 is 11.7 Å². The van der Waals surface area contributed by atoms with Crippen LogP contribution in [0.5, 0.6) is 0 Å². The predicted molar refractivity (Wildman–Crippen MR) is 39.6 cm³/mol. The molecule has 0 saturated heterocycles. The van der Waals surface area contributed by atoms with Crippen molar-refractivity contribution in [3.8, 4) is 6.07 Å². The Bertz CT molecular complexity index is 368. The van der Waals surface area contributed by atoms with Gasteiger partial charge >= 0.3 is 0 Å². The maximum absolute atomic E-state index is 13.0. The topological polar surface area (TPSA) is 66.9 Å². The number of nitrogens with zero attached hydrogens (tertiary/aromatic N) is 1. The first-order valence-corrected chi connectivity index (χ1v) is 3.15. The maximum Gasteiger partial charge on any atom is 0.251 e. The monoisotopic (exact) mass is 164 g/mol. The molecule has 0 aromatic heterocycles. The number of primary amides is 1. The molecule has 0 spiro atoms. The molecule has 0 aliphatic carbocycles. The molecule has 1 amide bonds. The van der Waals surface area contributed by atoms with E-state index in [2.05, 4.69) is 0 Å². The Labute approximate surface area is 68.2 Å². The summed E-state index contributed by atoms with van der Waals surface area (Å²) in [6.07, 6.45) is 0. The van der Waals surface area contributed by atoms with Crippen molar-refractivity contribution in [2.75, 3.05) is 0 Å². The molecule has 1 aromatic rings. The average molecular weight is 164 g/mol. The molecule has 0 aliphatic heterocycles. The van der Waals surface area contributed by atoms with Gasteiger partial charge < -0.3 is 5.73 Å². The van der Waals surface area contributed by atoms with Crippen LogP contribution in [-0.2, 0) is 0 Å². The Morgan fingerprint density at radius 3 is 2.75 bits per heavy atom. The first-order valence-electron chi connectivity index (χ1n) is 3.15. The van der Waals surface area contributed by atoms with Crippen LogP contribution in [0.25, 0.3) is 0 Å². The minimum absolute atomic E-state index is 0.175. The highest BCUT2D eigenvalue weighted by Gasteiger charge is 2.10. The molecule has 0 saturated carbocycles. The summed E-state index contributed by atoms with van der Waals surface area (Å²) in [6, 6.07) is 5.53. The van der Waals surface area contributed by atoms with Crippen LogP contribution >= 0.6 is 0 Å². The zero-order valence-electron chi connectivity index (χ0n) is 6.04. The van der Waals surface area contributed by atoms with Gasteiger partial charge in [0, 0.05) is 0 Å². The minimum atomic E-state index is -0.871. The van der Waals surface area contributed by atoms with Crippen molar-refractivity contribution in [3.05, 3.63) is 35.1 Å². The second-order valence-corrected chi connectivity index (χ2v) is 2.14. The SMILES string of the molecule is N#Cc1cccc(C(N)=O)c1F. The van der Waals surface area contributed by atoms with Crippen molar-refractivity contribution in [2.45, 2.75) is 0 Å². The Hall–Kier alpha value is -1.89. The number of amides is 1. The third kappa shape index (κ3) is 1.25. The highest BCUT2D eigenvalue weighted by Crippen LogP contribution is 2.10. The third-order valence-electron chi connectivity index (χ3n) is 1.38. The smallest absolute Gasteiger partial charge is 0.251 e. The van der Waals surface area contributed by atoms with Crippen LogP contribution in [0, 0.1) is 17.1 Å². The van der Waals surface area contributed by atoms with Crippen molar-refractivity contribution >= 4 is 5.91 Å². The number of carbonyl (C=O) groups is 1. The molecule has 0 radical (unpaired) electrons. The van der Waals surface area contributed by atoms with Crippen LogP contribution in [0.2, 0.25) is 0 Å². The molecule has 1 aromatic carbocycles. The first kappa shape index (κ1) is 8.21. The van der Waals surface area contributed by atoms with Gasteiger partial charge in [0.15, 0.2) is 5.82 Å². The number of rotatable bonds is 1. The quantitative estimate of drug-likeness (QED) is 0.666. The summed E-state index contributed by atoms with van der Waals surface area (Å²) in [7, 11) is 0. The van der Waals surface area contributed by atoms with Gasteiger partial charge in [0.2, 0.25) is 0 Å². The summed E-state index contributed by atoms with van der Waals surface area (Å²) in [5.41, 5.74) is 4.42. The van der Waals surface area contributed by atoms with E-state index in [0.29, 0.717) is 0 Å². The van der Waals surface area contributed by atoms with Gasteiger partial charge in [-0.3, -0.25) is 4.79 Å². The molecule has 0 fully saturated rings. The molecule has 4 heteroatoms. The largest absolute Gasteiger partial charge is 0.366 e. The summed E-state index contributed by atoms with van der Waals surface area (Å²) in [6.45, 7) is 0. The number of carbonyl (C=O) groups excluding carboxylic acids is 1. The van der Waals surface area contributed by atoms with E-state index in [1.54, 1.807) is 6.07 Å². The van der Waals surface area contributed by atoms with Gasteiger partial charge in [-0.05, 0) is 12.1 Å². The highest BCUT2D eigenvalue weighted by atomic mass is 19.1. The number of hydrogen-bond donors (Lipinski definition) is 1. The Morgan fingerprint density at radius 2 is 2.25 bits per heavy atom. The van der Waals surface area contributed by atoms with Crippen molar-refractivity contribution in [3.63, 3.8) is 0 Å². The molecule has 2 N–H and O–H groups in total. The molecular weight excluding hydrogens is 159 g/mol. The first-order chi connectivity index (χ1) is 5.66. The lowest BCUT2D eigenvalue weighted by Gasteiger charge is -1.97. The summed E-state index contributed by atoms with van der Waals surface area (Å²) >= 11 is 0. The van der Waals surface area contributed by atoms with Crippen molar-refractivity contribution in [2.24, 2.45) is 5.73 Å². The highest BCUT2D eigenvalue weighted by molar-refractivity contribution is 5.93. The zero-order chi connectivity index (χ0) is 9.14. The van der Waals surface area contributed by atoms with E-state index in [9.17, 15) is 9.18 Å². The number of benzene rings is 1. The van der Waals surface area contributed by atoms with Crippen LogP contribution in [0.3, 0.4) is 0 Å². The number of hydrogen-bond acceptors (Lipinski definition) is 2. The Kier molecular flexibility index (Phi) is 2.06. The van der Waals surface area contributed by atoms with Gasteiger partial charge in [0.05, 0.1) is 11.1 Å². The van der Waals surface area contributed by atoms with Crippen LogP contribution < -0.4 is 5.73 Å². The average Bonchev–Trinajstić information content (AvgIpc) is 2.04. The molecule has 0 aliphatic rings. The molecule has 0 heterocycles. The predicted octanol–water partition coefficient (Wildman–Crippen LogP) is 0.796. The molecule has 3 nitrogen and oxygen atoms in total. The lowest BCUT2D eigenvalue weighted by Crippen LogP contribution is -2.13. The molecule has 0 unspecified atom stereocenters.